The first-order valence-corrected chi connectivity index (χ1v) is 8.30. The van der Waals surface area contributed by atoms with Crippen molar-refractivity contribution in [2.24, 2.45) is 0 Å². The first kappa shape index (κ1) is 16.0. The molecule has 2 heterocycles. The first-order valence-electron chi connectivity index (χ1n) is 7.48. The van der Waals surface area contributed by atoms with Crippen molar-refractivity contribution in [1.82, 2.24) is 4.90 Å². The Hall–Kier alpha value is -1.83. The third-order valence-electron chi connectivity index (χ3n) is 3.87. The van der Waals surface area contributed by atoms with Gasteiger partial charge >= 0.3 is 0 Å². The summed E-state index contributed by atoms with van der Waals surface area (Å²) in [5.41, 5.74) is 0.870. The minimum atomic E-state index is -0.213. The van der Waals surface area contributed by atoms with Crippen LogP contribution in [0.25, 0.3) is 6.08 Å². The maximum absolute atomic E-state index is 12.5. The zero-order valence-electron chi connectivity index (χ0n) is 12.9. The molecule has 0 aliphatic carbocycles. The number of hydrogen-bond acceptors (Lipinski definition) is 5. The molecule has 0 radical (unpaired) electrons. The number of thioether (sulfide) groups is 1. The maximum Gasteiger partial charge on any atom is 0.298 e. The van der Waals surface area contributed by atoms with Crippen LogP contribution in [-0.2, 0) is 9.53 Å². The van der Waals surface area contributed by atoms with Crippen LogP contribution >= 0.6 is 11.8 Å². The van der Waals surface area contributed by atoms with Gasteiger partial charge in [-0.1, -0.05) is 12.1 Å². The van der Waals surface area contributed by atoms with Crippen molar-refractivity contribution in [1.29, 1.82) is 0 Å². The lowest BCUT2D eigenvalue weighted by Crippen LogP contribution is -3.15. The molecule has 1 aromatic carbocycles. The van der Waals surface area contributed by atoms with Crippen LogP contribution in [0.4, 0.5) is 4.79 Å². The zero-order chi connectivity index (χ0) is 16.2. The number of nitrogens with one attached hydrogen (secondary N) is 1. The molecule has 23 heavy (non-hydrogen) atoms. The van der Waals surface area contributed by atoms with Crippen molar-refractivity contribution in [2.45, 2.75) is 0 Å². The Kier molecular flexibility index (Phi) is 5.00. The number of hydrogen-bond donors (Lipinski definition) is 1. The maximum atomic E-state index is 12.5. The van der Waals surface area contributed by atoms with Crippen LogP contribution < -0.4 is 9.64 Å². The number of benzene rings is 1. The van der Waals surface area contributed by atoms with E-state index in [0.29, 0.717) is 24.8 Å². The first-order chi connectivity index (χ1) is 11.2. The van der Waals surface area contributed by atoms with E-state index < -0.39 is 0 Å². The average Bonchev–Trinajstić information content (AvgIpc) is 2.84. The van der Waals surface area contributed by atoms with Gasteiger partial charge in [-0.3, -0.25) is 9.59 Å². The number of methoxy groups -OCH3 is 1. The van der Waals surface area contributed by atoms with Crippen molar-refractivity contribution in [3.63, 3.8) is 0 Å². The Morgan fingerprint density at radius 3 is 2.61 bits per heavy atom. The smallest absolute Gasteiger partial charge is 0.298 e. The molecule has 2 aliphatic heterocycles. The van der Waals surface area contributed by atoms with E-state index in [0.717, 1.165) is 36.2 Å². The molecule has 3 rings (SSSR count). The Morgan fingerprint density at radius 1 is 1.26 bits per heavy atom. The van der Waals surface area contributed by atoms with Gasteiger partial charge in [-0.15, -0.1) is 0 Å². The summed E-state index contributed by atoms with van der Waals surface area (Å²) in [4.78, 5) is 27.6. The van der Waals surface area contributed by atoms with E-state index in [1.165, 1.54) is 9.80 Å². The molecule has 0 unspecified atom stereocenters. The summed E-state index contributed by atoms with van der Waals surface area (Å²) < 4.78 is 10.4. The quantitative estimate of drug-likeness (QED) is 0.817. The average molecular weight is 335 g/mol. The number of rotatable bonds is 4. The molecule has 2 aliphatic rings. The van der Waals surface area contributed by atoms with E-state index in [1.807, 2.05) is 24.3 Å². The fourth-order valence-corrected chi connectivity index (χ4v) is 3.37. The molecule has 0 saturated carbocycles. The van der Waals surface area contributed by atoms with Crippen LogP contribution in [0.5, 0.6) is 5.75 Å². The van der Waals surface area contributed by atoms with Crippen molar-refractivity contribution >= 4 is 29.0 Å². The number of ether oxygens (including phenoxy) is 2. The standard InChI is InChI=1S/C16H18N2O4S/c1-21-13-4-2-12(3-5-13)10-14-15(19)18(16(20)23-14)11-17-6-8-22-9-7-17/h2-5,10H,6-9,11H2,1H3/p+1/b14-10+. The minimum absolute atomic E-state index is 0.200. The van der Waals surface area contributed by atoms with Gasteiger partial charge in [-0.05, 0) is 35.5 Å². The molecule has 0 bridgehead atoms. The van der Waals surface area contributed by atoms with Crippen molar-refractivity contribution in [3.05, 3.63) is 34.7 Å². The van der Waals surface area contributed by atoms with Gasteiger partial charge in [0, 0.05) is 0 Å². The fourth-order valence-electron chi connectivity index (χ4n) is 2.53. The molecule has 7 heteroatoms. The van der Waals surface area contributed by atoms with Gasteiger partial charge in [-0.25, -0.2) is 4.90 Å². The number of carbonyl (C=O) groups is 2. The van der Waals surface area contributed by atoms with E-state index in [-0.39, 0.29) is 11.1 Å². The summed E-state index contributed by atoms with van der Waals surface area (Å²) in [7, 11) is 1.61. The number of imide groups is 1. The highest BCUT2D eigenvalue weighted by Crippen LogP contribution is 2.31. The summed E-state index contributed by atoms with van der Waals surface area (Å²) in [6, 6.07) is 7.38. The van der Waals surface area contributed by atoms with Gasteiger partial charge in [-0.2, -0.15) is 0 Å². The predicted octanol–water partition coefficient (Wildman–Crippen LogP) is 0.604. The van der Waals surface area contributed by atoms with Crippen LogP contribution in [0.1, 0.15) is 5.56 Å². The van der Waals surface area contributed by atoms with E-state index in [9.17, 15) is 9.59 Å². The number of morpholine rings is 1. The van der Waals surface area contributed by atoms with Gasteiger partial charge in [0.15, 0.2) is 6.67 Å². The van der Waals surface area contributed by atoms with Gasteiger partial charge in [0.25, 0.3) is 11.1 Å². The molecule has 0 aromatic heterocycles. The van der Waals surface area contributed by atoms with Crippen molar-refractivity contribution in [3.8, 4) is 5.75 Å². The van der Waals surface area contributed by atoms with Gasteiger partial charge in [0.2, 0.25) is 0 Å². The van der Waals surface area contributed by atoms with Crippen LogP contribution in [-0.4, -0.2) is 56.1 Å². The minimum Gasteiger partial charge on any atom is -0.497 e. The second-order valence-corrected chi connectivity index (χ2v) is 6.40. The molecule has 0 atom stereocenters. The molecule has 122 valence electrons. The van der Waals surface area contributed by atoms with Crippen LogP contribution in [0.3, 0.4) is 0 Å². The lowest BCUT2D eigenvalue weighted by molar-refractivity contribution is -0.915. The molecule has 2 saturated heterocycles. The summed E-state index contributed by atoms with van der Waals surface area (Å²) >= 11 is 0.998. The third-order valence-corrected chi connectivity index (χ3v) is 4.78. The second-order valence-electron chi connectivity index (χ2n) is 5.40. The number of nitrogens with zero attached hydrogens (tertiary/aromatic N) is 1. The Bertz CT molecular complexity index is 623. The Morgan fingerprint density at radius 2 is 1.96 bits per heavy atom. The SMILES string of the molecule is COc1ccc(/C=C2/SC(=O)N(C[NH+]3CCOCC3)C2=O)cc1. The van der Waals surface area contributed by atoms with Crippen LogP contribution in [0, 0.1) is 0 Å². The Labute approximate surface area is 139 Å². The van der Waals surface area contributed by atoms with E-state index in [4.69, 9.17) is 9.47 Å². The number of carbonyl (C=O) groups excluding carboxylic acids is 2. The summed E-state index contributed by atoms with van der Waals surface area (Å²) in [6.07, 6.45) is 1.75. The van der Waals surface area contributed by atoms with Crippen molar-refractivity contribution < 1.29 is 24.0 Å². The highest BCUT2D eigenvalue weighted by Gasteiger charge is 2.37. The molecule has 2 fully saturated rings. The lowest BCUT2D eigenvalue weighted by Gasteiger charge is -2.26. The molecule has 1 N–H and O–H groups in total. The molecule has 0 spiro atoms. The normalized spacial score (nSPS) is 21.3. The highest BCUT2D eigenvalue weighted by atomic mass is 32.2. The lowest BCUT2D eigenvalue weighted by atomic mass is 10.2. The predicted molar refractivity (Wildman–Crippen MR) is 87.2 cm³/mol. The monoisotopic (exact) mass is 335 g/mol. The fraction of sp³-hybridized carbons (Fsp3) is 0.375. The van der Waals surface area contributed by atoms with Crippen LogP contribution in [0.2, 0.25) is 0 Å². The highest BCUT2D eigenvalue weighted by molar-refractivity contribution is 8.18. The van der Waals surface area contributed by atoms with Gasteiger partial charge in [0.05, 0.1) is 25.2 Å². The third kappa shape index (κ3) is 3.74. The number of quaternary nitrogens is 1. The van der Waals surface area contributed by atoms with E-state index >= 15 is 0 Å². The summed E-state index contributed by atoms with van der Waals surface area (Å²) in [5.74, 6) is 0.543. The number of amides is 2. The summed E-state index contributed by atoms with van der Waals surface area (Å²) in [6.45, 7) is 3.40. The molecular formula is C16H19N2O4S+. The largest absolute Gasteiger partial charge is 0.497 e. The molecule has 1 aromatic rings. The Balaban J connectivity index is 1.70. The van der Waals surface area contributed by atoms with Crippen molar-refractivity contribution in [2.75, 3.05) is 40.1 Å². The van der Waals surface area contributed by atoms with Crippen LogP contribution in [0.15, 0.2) is 29.2 Å². The second kappa shape index (κ2) is 7.16. The topological polar surface area (TPSA) is 60.3 Å². The van der Waals surface area contributed by atoms with E-state index in [1.54, 1.807) is 13.2 Å². The zero-order valence-corrected chi connectivity index (χ0v) is 13.7. The van der Waals surface area contributed by atoms with Gasteiger partial charge in [0.1, 0.15) is 18.8 Å². The molecular weight excluding hydrogens is 316 g/mol. The van der Waals surface area contributed by atoms with E-state index in [2.05, 4.69) is 0 Å². The van der Waals surface area contributed by atoms with Gasteiger partial charge < -0.3 is 14.4 Å². The molecule has 6 nitrogen and oxygen atoms in total. The molecule has 2 amide bonds. The summed E-state index contributed by atoms with van der Waals surface area (Å²) in [5, 5.41) is -0.200.